The van der Waals surface area contributed by atoms with Crippen LogP contribution in [0.4, 0.5) is 4.39 Å². The smallest absolute Gasteiger partial charge is 0.263 e. The zero-order valence-corrected chi connectivity index (χ0v) is 15.0. The Morgan fingerprint density at radius 1 is 1.36 bits per heavy atom. The van der Waals surface area contributed by atoms with Crippen LogP contribution in [0, 0.1) is 12.7 Å². The van der Waals surface area contributed by atoms with Gasteiger partial charge in [-0.15, -0.1) is 11.3 Å². The number of halogens is 1. The summed E-state index contributed by atoms with van der Waals surface area (Å²) in [7, 11) is 0. The number of nitrogens with zero attached hydrogens (tertiary/aromatic N) is 1. The minimum atomic E-state index is -0.308. The number of carbonyl (C=O) groups is 1. The molecule has 0 aliphatic heterocycles. The summed E-state index contributed by atoms with van der Waals surface area (Å²) < 4.78 is 18.5. The lowest BCUT2D eigenvalue weighted by atomic mass is 9.98. The van der Waals surface area contributed by atoms with Crippen LogP contribution < -0.4 is 15.8 Å². The monoisotopic (exact) mass is 363 g/mol. The lowest BCUT2D eigenvalue weighted by molar-refractivity contribution is 0.0906. The molecule has 1 saturated carbocycles. The highest BCUT2D eigenvalue weighted by atomic mass is 32.1. The van der Waals surface area contributed by atoms with Gasteiger partial charge in [-0.2, -0.15) is 0 Å². The number of aryl methyl sites for hydroxylation is 1. The molecular formula is C18H22FN3O2S. The van der Waals surface area contributed by atoms with Gasteiger partial charge in [0, 0.05) is 6.54 Å². The summed E-state index contributed by atoms with van der Waals surface area (Å²) in [6.45, 7) is 2.51. The summed E-state index contributed by atoms with van der Waals surface area (Å²) in [5.41, 5.74) is 6.29. The molecule has 0 unspecified atom stereocenters. The number of aromatic nitrogens is 1. The normalized spacial score (nSPS) is 16.0. The Morgan fingerprint density at radius 3 is 2.68 bits per heavy atom. The number of benzene rings is 1. The molecule has 3 N–H and O–H groups in total. The number of nitrogens with two attached hydrogens (primary N) is 1. The predicted octanol–water partition coefficient (Wildman–Crippen LogP) is 3.17. The highest BCUT2D eigenvalue weighted by molar-refractivity contribution is 7.13. The zero-order valence-electron chi connectivity index (χ0n) is 14.2. The molecule has 0 atom stereocenters. The number of thiazole rings is 1. The third-order valence-corrected chi connectivity index (χ3v) is 5.68. The van der Waals surface area contributed by atoms with Crippen LogP contribution in [0.1, 0.15) is 46.1 Å². The Morgan fingerprint density at radius 2 is 2.04 bits per heavy atom. The highest BCUT2D eigenvalue weighted by Crippen LogP contribution is 2.30. The van der Waals surface area contributed by atoms with E-state index in [0.717, 1.165) is 25.7 Å². The van der Waals surface area contributed by atoms with Crippen LogP contribution >= 0.6 is 11.3 Å². The minimum Gasteiger partial charge on any atom is -0.486 e. The van der Waals surface area contributed by atoms with Crippen LogP contribution in [0.5, 0.6) is 5.75 Å². The number of ether oxygens (including phenoxy) is 1. The largest absolute Gasteiger partial charge is 0.486 e. The SMILES string of the molecule is Cc1nc(COc2ccc(F)cc2)sc1C(=O)NC1(CN)CCCC1. The first-order valence-corrected chi connectivity index (χ1v) is 9.20. The second-order valence-corrected chi connectivity index (χ2v) is 7.49. The summed E-state index contributed by atoms with van der Waals surface area (Å²) in [5.74, 6) is 0.140. The Bertz CT molecular complexity index is 739. The Labute approximate surface area is 150 Å². The van der Waals surface area contributed by atoms with Gasteiger partial charge in [0.15, 0.2) is 0 Å². The molecule has 134 valence electrons. The van der Waals surface area contributed by atoms with E-state index in [1.165, 1.54) is 23.5 Å². The number of carbonyl (C=O) groups excluding carboxylic acids is 1. The molecule has 1 heterocycles. The molecule has 1 fully saturated rings. The molecule has 7 heteroatoms. The fourth-order valence-electron chi connectivity index (χ4n) is 3.13. The molecule has 0 bridgehead atoms. The molecule has 1 amide bonds. The maximum absolute atomic E-state index is 12.9. The fourth-order valence-corrected chi connectivity index (χ4v) is 4.00. The summed E-state index contributed by atoms with van der Waals surface area (Å²) >= 11 is 1.32. The van der Waals surface area contributed by atoms with Crippen LogP contribution in [-0.4, -0.2) is 23.0 Å². The third kappa shape index (κ3) is 4.16. The van der Waals surface area contributed by atoms with Gasteiger partial charge >= 0.3 is 0 Å². The van der Waals surface area contributed by atoms with E-state index in [0.29, 0.717) is 27.9 Å². The van der Waals surface area contributed by atoms with Crippen LogP contribution in [0.3, 0.4) is 0 Å². The lowest BCUT2D eigenvalue weighted by Crippen LogP contribution is -2.51. The van der Waals surface area contributed by atoms with Crippen molar-refractivity contribution in [3.63, 3.8) is 0 Å². The summed E-state index contributed by atoms with van der Waals surface area (Å²) in [6, 6.07) is 5.81. The topological polar surface area (TPSA) is 77.2 Å². The summed E-state index contributed by atoms with van der Waals surface area (Å²) in [6.07, 6.45) is 4.03. The molecule has 5 nitrogen and oxygen atoms in total. The molecule has 1 aromatic carbocycles. The van der Waals surface area contributed by atoms with Crippen molar-refractivity contribution < 1.29 is 13.9 Å². The van der Waals surface area contributed by atoms with Crippen molar-refractivity contribution in [2.24, 2.45) is 5.73 Å². The fraction of sp³-hybridized carbons (Fsp3) is 0.444. The van der Waals surface area contributed by atoms with E-state index in [9.17, 15) is 9.18 Å². The minimum absolute atomic E-state index is 0.115. The first kappa shape index (κ1) is 17.8. The van der Waals surface area contributed by atoms with E-state index in [1.807, 2.05) is 6.92 Å². The van der Waals surface area contributed by atoms with Crippen LogP contribution in [-0.2, 0) is 6.61 Å². The average Bonchev–Trinajstić information content (AvgIpc) is 3.21. The molecule has 2 aromatic rings. The van der Waals surface area contributed by atoms with E-state index in [4.69, 9.17) is 10.5 Å². The maximum atomic E-state index is 12.9. The molecule has 1 aliphatic rings. The van der Waals surface area contributed by atoms with Gasteiger partial charge in [-0.05, 0) is 44.0 Å². The van der Waals surface area contributed by atoms with E-state index in [-0.39, 0.29) is 23.9 Å². The van der Waals surface area contributed by atoms with E-state index < -0.39 is 0 Å². The molecule has 1 aromatic heterocycles. The summed E-state index contributed by atoms with van der Waals surface area (Å²) in [5, 5.41) is 3.83. The van der Waals surface area contributed by atoms with E-state index in [1.54, 1.807) is 12.1 Å². The van der Waals surface area contributed by atoms with Crippen LogP contribution in [0.25, 0.3) is 0 Å². The van der Waals surface area contributed by atoms with Crippen molar-refractivity contribution >= 4 is 17.2 Å². The number of hydrogen-bond acceptors (Lipinski definition) is 5. The first-order valence-electron chi connectivity index (χ1n) is 8.39. The highest BCUT2D eigenvalue weighted by Gasteiger charge is 2.34. The number of amides is 1. The van der Waals surface area contributed by atoms with Gasteiger partial charge < -0.3 is 15.8 Å². The van der Waals surface area contributed by atoms with Crippen molar-refractivity contribution in [1.29, 1.82) is 0 Å². The maximum Gasteiger partial charge on any atom is 0.263 e. The van der Waals surface area contributed by atoms with Crippen LogP contribution in [0.15, 0.2) is 24.3 Å². The molecular weight excluding hydrogens is 341 g/mol. The van der Waals surface area contributed by atoms with Crippen molar-refractivity contribution in [3.8, 4) is 5.75 Å². The zero-order chi connectivity index (χ0) is 17.9. The molecule has 3 rings (SSSR count). The van der Waals surface area contributed by atoms with E-state index in [2.05, 4.69) is 10.3 Å². The second kappa shape index (κ2) is 7.49. The molecule has 0 radical (unpaired) electrons. The first-order chi connectivity index (χ1) is 12.0. The molecule has 1 aliphatic carbocycles. The van der Waals surface area contributed by atoms with Gasteiger partial charge in [0.05, 0.1) is 11.2 Å². The van der Waals surface area contributed by atoms with Gasteiger partial charge in [0.2, 0.25) is 0 Å². The van der Waals surface area contributed by atoms with Gasteiger partial charge in [0.25, 0.3) is 5.91 Å². The Balaban J connectivity index is 1.65. The van der Waals surface area contributed by atoms with E-state index >= 15 is 0 Å². The standard InChI is InChI=1S/C18H22FN3O2S/c1-12-16(17(23)22-18(11-20)8-2-3-9-18)25-15(21-12)10-24-14-6-4-13(19)5-7-14/h4-7H,2-3,8-11,20H2,1H3,(H,22,23). The van der Waals surface area contributed by atoms with Crippen molar-refractivity contribution in [3.05, 3.63) is 45.7 Å². The van der Waals surface area contributed by atoms with Gasteiger partial charge in [-0.1, -0.05) is 12.8 Å². The Kier molecular flexibility index (Phi) is 5.34. The molecule has 25 heavy (non-hydrogen) atoms. The summed E-state index contributed by atoms with van der Waals surface area (Å²) in [4.78, 5) is 17.6. The molecule has 0 spiro atoms. The molecule has 0 saturated heterocycles. The third-order valence-electron chi connectivity index (χ3n) is 4.55. The van der Waals surface area contributed by atoms with Gasteiger partial charge in [0.1, 0.15) is 28.1 Å². The lowest BCUT2D eigenvalue weighted by Gasteiger charge is -2.28. The predicted molar refractivity (Wildman–Crippen MR) is 95.3 cm³/mol. The number of nitrogens with one attached hydrogen (secondary N) is 1. The second-order valence-electron chi connectivity index (χ2n) is 6.41. The van der Waals surface area contributed by atoms with Crippen molar-refractivity contribution in [2.45, 2.75) is 44.8 Å². The quantitative estimate of drug-likeness (QED) is 0.826. The Hall–Kier alpha value is -1.99. The number of rotatable bonds is 6. The van der Waals surface area contributed by atoms with Gasteiger partial charge in [-0.3, -0.25) is 4.79 Å². The number of hydrogen-bond donors (Lipinski definition) is 2. The van der Waals surface area contributed by atoms with Gasteiger partial charge in [-0.25, -0.2) is 9.37 Å². The van der Waals surface area contributed by atoms with Crippen LogP contribution in [0.2, 0.25) is 0 Å². The van der Waals surface area contributed by atoms with Crippen molar-refractivity contribution in [2.75, 3.05) is 6.54 Å². The average molecular weight is 363 g/mol. The van der Waals surface area contributed by atoms with Crippen molar-refractivity contribution in [1.82, 2.24) is 10.3 Å².